The van der Waals surface area contributed by atoms with Crippen molar-refractivity contribution in [2.45, 2.75) is 5.88 Å². The van der Waals surface area contributed by atoms with E-state index >= 15 is 0 Å². The van der Waals surface area contributed by atoms with Gasteiger partial charge in [-0.3, -0.25) is 10.1 Å². The Morgan fingerprint density at radius 2 is 2.40 bits per heavy atom. The Bertz CT molecular complexity index is 454. The highest BCUT2D eigenvalue weighted by Gasteiger charge is 2.09. The van der Waals surface area contributed by atoms with Crippen molar-refractivity contribution in [2.75, 3.05) is 5.32 Å². The molecule has 0 saturated carbocycles. The molecule has 0 bridgehead atoms. The molecule has 0 aliphatic rings. The molecule has 0 radical (unpaired) electrons. The van der Waals surface area contributed by atoms with Crippen LogP contribution < -0.4 is 5.32 Å². The Morgan fingerprint density at radius 1 is 1.53 bits per heavy atom. The summed E-state index contributed by atoms with van der Waals surface area (Å²) < 4.78 is 0. The summed E-state index contributed by atoms with van der Waals surface area (Å²) in [7, 11) is 0. The summed E-state index contributed by atoms with van der Waals surface area (Å²) in [6.45, 7) is 0. The molecule has 2 heterocycles. The van der Waals surface area contributed by atoms with Crippen LogP contribution in [0.5, 0.6) is 0 Å². The van der Waals surface area contributed by atoms with Crippen molar-refractivity contribution < 1.29 is 4.79 Å². The molecule has 2 aromatic heterocycles. The zero-order valence-electron chi connectivity index (χ0n) is 7.44. The van der Waals surface area contributed by atoms with Crippen LogP contribution in [-0.4, -0.2) is 15.9 Å². The van der Waals surface area contributed by atoms with Crippen LogP contribution in [-0.2, 0) is 5.88 Å². The molecule has 0 aliphatic carbocycles. The molecular formula is C8H6ClN3OS2. The average molecular weight is 260 g/mol. The highest BCUT2D eigenvalue weighted by molar-refractivity contribution is 7.14. The van der Waals surface area contributed by atoms with Gasteiger partial charge in [-0.25, -0.2) is 9.97 Å². The molecule has 0 saturated heterocycles. The molecule has 1 amide bonds. The number of hydrogen-bond donors (Lipinski definition) is 1. The zero-order chi connectivity index (χ0) is 10.7. The number of amides is 1. The first kappa shape index (κ1) is 10.5. The maximum atomic E-state index is 11.5. The first-order valence-electron chi connectivity index (χ1n) is 3.99. The second kappa shape index (κ2) is 4.69. The van der Waals surface area contributed by atoms with Crippen LogP contribution in [0.4, 0.5) is 5.13 Å². The van der Waals surface area contributed by atoms with Crippen molar-refractivity contribution in [1.29, 1.82) is 0 Å². The Morgan fingerprint density at radius 3 is 3.00 bits per heavy atom. The lowest BCUT2D eigenvalue weighted by molar-refractivity contribution is 0.102. The molecule has 0 unspecified atom stereocenters. The van der Waals surface area contributed by atoms with Gasteiger partial charge in [0.25, 0.3) is 5.91 Å². The molecule has 78 valence electrons. The highest BCUT2D eigenvalue weighted by atomic mass is 35.5. The maximum Gasteiger partial charge on any atom is 0.276 e. The molecule has 1 N–H and O–H groups in total. The number of halogens is 1. The van der Waals surface area contributed by atoms with Gasteiger partial charge in [-0.05, 0) is 0 Å². The maximum absolute atomic E-state index is 11.5. The van der Waals surface area contributed by atoms with Crippen LogP contribution in [0.2, 0.25) is 0 Å². The van der Waals surface area contributed by atoms with Crippen molar-refractivity contribution in [3.8, 4) is 0 Å². The van der Waals surface area contributed by atoms with Gasteiger partial charge < -0.3 is 0 Å². The predicted molar refractivity (Wildman–Crippen MR) is 61.7 cm³/mol. The molecule has 0 aromatic carbocycles. The smallest absolute Gasteiger partial charge is 0.276 e. The van der Waals surface area contributed by atoms with Gasteiger partial charge in [0.2, 0.25) is 0 Å². The van der Waals surface area contributed by atoms with Gasteiger partial charge >= 0.3 is 0 Å². The number of carbonyl (C=O) groups is 1. The number of carbonyl (C=O) groups excluding carboxylic acids is 1. The number of alkyl halides is 1. The summed E-state index contributed by atoms with van der Waals surface area (Å²) in [5.74, 6) is 0.106. The minimum absolute atomic E-state index is 0.244. The number of thiazole rings is 2. The minimum Gasteiger partial charge on any atom is -0.296 e. The summed E-state index contributed by atoms with van der Waals surface area (Å²) in [4.78, 5) is 19.5. The van der Waals surface area contributed by atoms with Crippen molar-refractivity contribution in [3.05, 3.63) is 27.7 Å². The molecule has 2 aromatic rings. The number of hydrogen-bond acceptors (Lipinski definition) is 5. The van der Waals surface area contributed by atoms with Crippen LogP contribution in [0.15, 0.2) is 16.3 Å². The van der Waals surface area contributed by atoms with E-state index in [1.807, 2.05) is 5.38 Å². The Labute approximate surface area is 99.0 Å². The molecule has 0 fully saturated rings. The van der Waals surface area contributed by atoms with E-state index in [0.29, 0.717) is 16.7 Å². The van der Waals surface area contributed by atoms with Gasteiger partial charge in [-0.2, -0.15) is 0 Å². The molecule has 4 nitrogen and oxygen atoms in total. The fraction of sp³-hybridized carbons (Fsp3) is 0.125. The summed E-state index contributed by atoms with van der Waals surface area (Å²) in [5.41, 5.74) is 2.78. The van der Waals surface area contributed by atoms with Crippen molar-refractivity contribution in [3.63, 3.8) is 0 Å². The van der Waals surface area contributed by atoms with Gasteiger partial charge in [0.05, 0.1) is 17.1 Å². The second-order valence-electron chi connectivity index (χ2n) is 2.61. The van der Waals surface area contributed by atoms with Crippen molar-refractivity contribution >= 4 is 45.3 Å². The van der Waals surface area contributed by atoms with E-state index in [1.165, 1.54) is 22.7 Å². The van der Waals surface area contributed by atoms with E-state index < -0.39 is 0 Å². The van der Waals surface area contributed by atoms with E-state index in [4.69, 9.17) is 11.6 Å². The third kappa shape index (κ3) is 2.53. The molecule has 7 heteroatoms. The van der Waals surface area contributed by atoms with Gasteiger partial charge in [0, 0.05) is 10.8 Å². The Kier molecular flexibility index (Phi) is 3.30. The summed E-state index contributed by atoms with van der Waals surface area (Å²) in [6, 6.07) is 0. The van der Waals surface area contributed by atoms with Gasteiger partial charge in [-0.15, -0.1) is 34.3 Å². The molecule has 15 heavy (non-hydrogen) atoms. The normalized spacial score (nSPS) is 10.2. The van der Waals surface area contributed by atoms with Gasteiger partial charge in [0.1, 0.15) is 5.69 Å². The third-order valence-corrected chi connectivity index (χ3v) is 3.24. The number of aromatic nitrogens is 2. The summed E-state index contributed by atoms with van der Waals surface area (Å²) in [5, 5.41) is 6.69. The van der Waals surface area contributed by atoms with E-state index in [9.17, 15) is 4.79 Å². The molecule has 0 spiro atoms. The molecule has 0 aliphatic heterocycles. The SMILES string of the molecule is O=C(Nc1nc(CCl)cs1)c1cscn1. The lowest BCUT2D eigenvalue weighted by Crippen LogP contribution is -2.11. The fourth-order valence-corrected chi connectivity index (χ4v) is 2.38. The first-order chi connectivity index (χ1) is 7.29. The molecule has 2 rings (SSSR count). The lowest BCUT2D eigenvalue weighted by Gasteiger charge is -1.96. The average Bonchev–Trinajstić information content (AvgIpc) is 2.87. The molecular weight excluding hydrogens is 254 g/mol. The monoisotopic (exact) mass is 259 g/mol. The highest BCUT2D eigenvalue weighted by Crippen LogP contribution is 2.17. The number of nitrogens with zero attached hydrogens (tertiary/aromatic N) is 2. The quantitative estimate of drug-likeness (QED) is 0.862. The largest absolute Gasteiger partial charge is 0.296 e. The predicted octanol–water partition coefficient (Wildman–Crippen LogP) is 2.59. The van der Waals surface area contributed by atoms with Crippen LogP contribution >= 0.6 is 34.3 Å². The van der Waals surface area contributed by atoms with E-state index in [2.05, 4.69) is 15.3 Å². The minimum atomic E-state index is -0.244. The van der Waals surface area contributed by atoms with Crippen molar-refractivity contribution in [2.24, 2.45) is 0 Å². The Hall–Kier alpha value is -0.980. The summed E-state index contributed by atoms with van der Waals surface area (Å²) >= 11 is 8.32. The van der Waals surface area contributed by atoms with Gasteiger partial charge in [-0.1, -0.05) is 0 Å². The number of nitrogens with one attached hydrogen (secondary N) is 1. The van der Waals surface area contributed by atoms with Crippen LogP contribution in [0.1, 0.15) is 16.2 Å². The fourth-order valence-electron chi connectivity index (χ4n) is 0.912. The Balaban J connectivity index is 2.06. The number of rotatable bonds is 3. The van der Waals surface area contributed by atoms with Gasteiger partial charge in [0.15, 0.2) is 5.13 Å². The third-order valence-electron chi connectivity index (χ3n) is 1.57. The zero-order valence-corrected chi connectivity index (χ0v) is 9.83. The summed E-state index contributed by atoms with van der Waals surface area (Å²) in [6.07, 6.45) is 0. The van der Waals surface area contributed by atoms with E-state index in [-0.39, 0.29) is 5.91 Å². The van der Waals surface area contributed by atoms with E-state index in [0.717, 1.165) is 5.69 Å². The number of anilines is 1. The second-order valence-corrected chi connectivity index (χ2v) is 4.45. The van der Waals surface area contributed by atoms with Crippen LogP contribution in [0.3, 0.4) is 0 Å². The van der Waals surface area contributed by atoms with Crippen LogP contribution in [0, 0.1) is 0 Å². The first-order valence-corrected chi connectivity index (χ1v) is 6.35. The standard InChI is InChI=1S/C8H6ClN3OS2/c9-1-5-2-15-8(11-5)12-7(13)6-3-14-4-10-6/h2-4H,1H2,(H,11,12,13). The van der Waals surface area contributed by atoms with E-state index in [1.54, 1.807) is 10.9 Å². The lowest BCUT2D eigenvalue weighted by atomic mass is 10.5. The van der Waals surface area contributed by atoms with Crippen LogP contribution in [0.25, 0.3) is 0 Å². The molecule has 0 atom stereocenters. The topological polar surface area (TPSA) is 54.9 Å². The van der Waals surface area contributed by atoms with Crippen molar-refractivity contribution in [1.82, 2.24) is 9.97 Å².